The Balaban J connectivity index is 1.66. The Morgan fingerprint density at radius 1 is 1.25 bits per heavy atom. The summed E-state index contributed by atoms with van der Waals surface area (Å²) < 4.78 is 0. The van der Waals surface area contributed by atoms with Crippen LogP contribution < -0.4 is 10.2 Å². The average molecular weight is 340 g/mol. The Hall–Kier alpha value is -2.69. The third-order valence-electron chi connectivity index (χ3n) is 3.39. The summed E-state index contributed by atoms with van der Waals surface area (Å²) in [5.74, 6) is 5.16. The number of pyridine rings is 1. The van der Waals surface area contributed by atoms with E-state index in [-0.39, 0.29) is 0 Å². The van der Waals surface area contributed by atoms with Crippen molar-refractivity contribution in [1.29, 1.82) is 0 Å². The minimum absolute atomic E-state index is 0.585. The Kier molecular flexibility index (Phi) is 5.21. The van der Waals surface area contributed by atoms with E-state index in [0.717, 1.165) is 47.8 Å². The van der Waals surface area contributed by atoms with Gasteiger partial charge in [-0.05, 0) is 24.1 Å². The second-order valence-corrected chi connectivity index (χ2v) is 6.15. The summed E-state index contributed by atoms with van der Waals surface area (Å²) in [4.78, 5) is 22.2. The van der Waals surface area contributed by atoms with Crippen molar-refractivity contribution < 1.29 is 9.90 Å². The highest BCUT2D eigenvalue weighted by molar-refractivity contribution is 7.16. The molecular weight excluding hydrogens is 324 g/mol. The van der Waals surface area contributed by atoms with Crippen LogP contribution in [0.5, 0.6) is 0 Å². The molecule has 3 rings (SSSR count). The zero-order valence-electron chi connectivity index (χ0n) is 12.9. The Morgan fingerprint density at radius 2 is 2.08 bits per heavy atom. The second-order valence-electron chi connectivity index (χ2n) is 5.14. The summed E-state index contributed by atoms with van der Waals surface area (Å²) in [6, 6.07) is 3.56. The van der Waals surface area contributed by atoms with E-state index < -0.39 is 5.97 Å². The third-order valence-corrected chi connectivity index (χ3v) is 4.37. The topological polar surface area (TPSA) is 78.3 Å². The Bertz CT molecular complexity index is 796. The molecule has 1 aliphatic rings. The number of hydrogen-bond acceptors (Lipinski definition) is 6. The van der Waals surface area contributed by atoms with Gasteiger partial charge in [0.1, 0.15) is 0 Å². The molecular formula is C17H16N4O2S. The molecule has 2 aromatic heterocycles. The van der Waals surface area contributed by atoms with Gasteiger partial charge in [-0.1, -0.05) is 17.3 Å². The fraction of sp³-hybridized carbons (Fsp3) is 0.235. The fourth-order valence-corrected chi connectivity index (χ4v) is 3.01. The molecule has 1 saturated heterocycles. The maximum atomic E-state index is 10.5. The summed E-state index contributed by atoms with van der Waals surface area (Å²) in [5.41, 5.74) is 1.36. The monoisotopic (exact) mass is 340 g/mol. The maximum absolute atomic E-state index is 10.5. The number of rotatable bonds is 3. The van der Waals surface area contributed by atoms with Crippen molar-refractivity contribution in [3.63, 3.8) is 0 Å². The normalized spacial score (nSPS) is 14.4. The summed E-state index contributed by atoms with van der Waals surface area (Å²) in [6.45, 7) is 3.90. The molecule has 7 heteroatoms. The van der Waals surface area contributed by atoms with Crippen LogP contribution in [-0.2, 0) is 4.79 Å². The fourth-order valence-electron chi connectivity index (χ4n) is 2.19. The molecule has 0 saturated carbocycles. The lowest BCUT2D eigenvalue weighted by molar-refractivity contribution is -0.131. The molecule has 0 aromatic carbocycles. The maximum Gasteiger partial charge on any atom is 0.328 e. The summed E-state index contributed by atoms with van der Waals surface area (Å²) >= 11 is 1.59. The second kappa shape index (κ2) is 7.73. The minimum Gasteiger partial charge on any atom is -0.478 e. The molecule has 2 N–H and O–H groups in total. The molecule has 122 valence electrons. The average Bonchev–Trinajstić information content (AvgIpc) is 3.09. The first kappa shape index (κ1) is 16.2. The van der Waals surface area contributed by atoms with Gasteiger partial charge in [0.2, 0.25) is 0 Å². The number of nitrogens with zero attached hydrogens (tertiary/aromatic N) is 3. The zero-order chi connectivity index (χ0) is 16.8. The van der Waals surface area contributed by atoms with Gasteiger partial charge >= 0.3 is 5.97 Å². The minimum atomic E-state index is -0.994. The van der Waals surface area contributed by atoms with Crippen molar-refractivity contribution in [2.24, 2.45) is 0 Å². The first-order valence-corrected chi connectivity index (χ1v) is 8.33. The number of aromatic nitrogens is 2. The van der Waals surface area contributed by atoms with Crippen molar-refractivity contribution in [1.82, 2.24) is 15.3 Å². The molecule has 3 heterocycles. The number of nitrogens with one attached hydrogen (secondary N) is 1. The highest BCUT2D eigenvalue weighted by Gasteiger charge is 2.13. The van der Waals surface area contributed by atoms with E-state index in [1.54, 1.807) is 29.8 Å². The van der Waals surface area contributed by atoms with Gasteiger partial charge in [0.15, 0.2) is 5.13 Å². The van der Waals surface area contributed by atoms with Crippen LogP contribution in [0.15, 0.2) is 30.6 Å². The van der Waals surface area contributed by atoms with Gasteiger partial charge in [-0.25, -0.2) is 9.78 Å². The number of hydrogen-bond donors (Lipinski definition) is 2. The van der Waals surface area contributed by atoms with Gasteiger partial charge in [-0.2, -0.15) is 0 Å². The quantitative estimate of drug-likeness (QED) is 0.650. The SMILES string of the molecule is O=C(O)/C=C/c1ccc(C#Cc2cnc(N3CCNCC3)s2)cn1. The first-order chi connectivity index (χ1) is 11.7. The molecule has 0 bridgehead atoms. The highest BCUT2D eigenvalue weighted by Crippen LogP contribution is 2.22. The van der Waals surface area contributed by atoms with Crippen LogP contribution in [0.1, 0.15) is 16.1 Å². The lowest BCUT2D eigenvalue weighted by Crippen LogP contribution is -2.43. The van der Waals surface area contributed by atoms with Gasteiger partial charge in [0.05, 0.1) is 16.8 Å². The molecule has 0 spiro atoms. The van der Waals surface area contributed by atoms with Crippen LogP contribution in [-0.4, -0.2) is 47.2 Å². The highest BCUT2D eigenvalue weighted by atomic mass is 32.1. The molecule has 6 nitrogen and oxygen atoms in total. The zero-order valence-corrected chi connectivity index (χ0v) is 13.7. The number of carbonyl (C=O) groups is 1. The largest absolute Gasteiger partial charge is 0.478 e. The van der Waals surface area contributed by atoms with Crippen molar-refractivity contribution in [3.8, 4) is 11.8 Å². The van der Waals surface area contributed by atoms with E-state index in [9.17, 15) is 4.79 Å². The van der Waals surface area contributed by atoms with Crippen molar-refractivity contribution >= 4 is 28.5 Å². The summed E-state index contributed by atoms with van der Waals surface area (Å²) in [7, 11) is 0. The van der Waals surface area contributed by atoms with Crippen LogP contribution in [0, 0.1) is 11.8 Å². The van der Waals surface area contributed by atoms with Gasteiger partial charge in [-0.15, -0.1) is 0 Å². The standard InChI is InChI=1S/C17H16N4O2S/c22-16(23)6-4-14-3-1-13(11-19-14)2-5-15-12-20-17(24-15)21-9-7-18-8-10-21/h1,3-4,6,11-12,18H,7-10H2,(H,22,23)/b6-4+. The Labute approximate surface area is 143 Å². The van der Waals surface area contributed by atoms with E-state index in [1.165, 1.54) is 6.08 Å². The van der Waals surface area contributed by atoms with E-state index in [0.29, 0.717) is 5.69 Å². The van der Waals surface area contributed by atoms with Gasteiger partial charge < -0.3 is 15.3 Å². The molecule has 1 aliphatic heterocycles. The predicted molar refractivity (Wildman–Crippen MR) is 94.1 cm³/mol. The molecule has 0 atom stereocenters. The number of piperazine rings is 1. The van der Waals surface area contributed by atoms with E-state index in [4.69, 9.17) is 5.11 Å². The molecule has 0 unspecified atom stereocenters. The van der Waals surface area contributed by atoms with Crippen LogP contribution in [0.2, 0.25) is 0 Å². The molecule has 0 aliphatic carbocycles. The lowest BCUT2D eigenvalue weighted by atomic mass is 10.2. The number of thiazole rings is 1. The van der Waals surface area contributed by atoms with Crippen LogP contribution in [0.25, 0.3) is 6.08 Å². The molecule has 2 aromatic rings. The van der Waals surface area contributed by atoms with Crippen molar-refractivity contribution in [2.45, 2.75) is 0 Å². The van der Waals surface area contributed by atoms with Crippen LogP contribution in [0.4, 0.5) is 5.13 Å². The van der Waals surface area contributed by atoms with E-state index in [2.05, 4.69) is 32.0 Å². The van der Waals surface area contributed by atoms with E-state index >= 15 is 0 Å². The van der Waals surface area contributed by atoms with Gasteiger partial charge in [0, 0.05) is 44.0 Å². The lowest BCUT2D eigenvalue weighted by Gasteiger charge is -2.26. The first-order valence-electron chi connectivity index (χ1n) is 7.51. The molecule has 0 radical (unpaired) electrons. The summed E-state index contributed by atoms with van der Waals surface area (Å²) in [6.07, 6.45) is 5.93. The summed E-state index contributed by atoms with van der Waals surface area (Å²) in [5, 5.41) is 12.9. The van der Waals surface area contributed by atoms with Gasteiger partial charge in [0.25, 0.3) is 0 Å². The van der Waals surface area contributed by atoms with Crippen LogP contribution in [0.3, 0.4) is 0 Å². The third kappa shape index (κ3) is 4.41. The van der Waals surface area contributed by atoms with Crippen LogP contribution >= 0.6 is 11.3 Å². The number of carboxylic acids is 1. The number of carboxylic acid groups (broad SMARTS) is 1. The van der Waals surface area contributed by atoms with Gasteiger partial charge in [-0.3, -0.25) is 4.98 Å². The van der Waals surface area contributed by atoms with Crippen molar-refractivity contribution in [2.75, 3.05) is 31.1 Å². The molecule has 24 heavy (non-hydrogen) atoms. The number of anilines is 1. The predicted octanol–water partition coefficient (Wildman–Crippen LogP) is 1.45. The van der Waals surface area contributed by atoms with Crippen molar-refractivity contribution in [3.05, 3.63) is 46.7 Å². The Morgan fingerprint density at radius 3 is 2.79 bits per heavy atom. The molecule has 1 fully saturated rings. The van der Waals surface area contributed by atoms with E-state index in [1.807, 2.05) is 6.07 Å². The smallest absolute Gasteiger partial charge is 0.328 e. The number of aliphatic carboxylic acids is 1. The molecule has 0 amide bonds.